The third kappa shape index (κ3) is 3.21. The molecule has 2 amide bonds. The van der Waals surface area contributed by atoms with Crippen LogP contribution in [0.1, 0.15) is 42.6 Å². The number of amides is 2. The molecule has 1 spiro atoms. The topological polar surface area (TPSA) is 61.2 Å². The number of aromatic nitrogens is 2. The van der Waals surface area contributed by atoms with Crippen LogP contribution in [0.4, 0.5) is 0 Å². The summed E-state index contributed by atoms with van der Waals surface area (Å²) in [5.41, 5.74) is 1.59. The Morgan fingerprint density at radius 2 is 1.83 bits per heavy atom. The molecule has 0 bridgehead atoms. The summed E-state index contributed by atoms with van der Waals surface area (Å²) in [5, 5.41) is 0. The van der Waals surface area contributed by atoms with Gasteiger partial charge in [0, 0.05) is 32.4 Å². The van der Waals surface area contributed by atoms with Crippen molar-refractivity contribution in [2.45, 2.75) is 38.1 Å². The molecule has 0 aliphatic carbocycles. The van der Waals surface area contributed by atoms with Crippen LogP contribution in [0, 0.1) is 5.41 Å². The Bertz CT molecular complexity index is 930. The fourth-order valence-electron chi connectivity index (χ4n) is 5.40. The molecule has 3 fully saturated rings. The first-order chi connectivity index (χ1) is 14.1. The number of carbonyl (C=O) groups excluding carboxylic acids is 2. The Morgan fingerprint density at radius 3 is 2.55 bits per heavy atom. The Balaban J connectivity index is 1.23. The first-order valence-electron chi connectivity index (χ1n) is 10.8. The second-order valence-corrected chi connectivity index (χ2v) is 9.01. The van der Waals surface area contributed by atoms with Crippen molar-refractivity contribution in [2.24, 2.45) is 5.41 Å². The average molecular weight is 396 g/mol. The molecule has 2 aromatic heterocycles. The average Bonchev–Trinajstić information content (AvgIpc) is 3.46. The third-order valence-corrected chi connectivity index (χ3v) is 7.30. The number of hydrogen-bond donors (Lipinski definition) is 0. The summed E-state index contributed by atoms with van der Waals surface area (Å²) < 4.78 is 1.87. The van der Waals surface area contributed by atoms with Crippen LogP contribution in [0.2, 0.25) is 0 Å². The summed E-state index contributed by atoms with van der Waals surface area (Å²) in [7, 11) is 2.06. The molecule has 0 aromatic carbocycles. The summed E-state index contributed by atoms with van der Waals surface area (Å²) in [5.74, 6) is 0.364. The van der Waals surface area contributed by atoms with Gasteiger partial charge in [-0.15, -0.1) is 0 Å². The maximum atomic E-state index is 13.1. The lowest BCUT2D eigenvalue weighted by molar-refractivity contribution is -0.137. The van der Waals surface area contributed by atoms with E-state index in [1.807, 2.05) is 33.7 Å². The van der Waals surface area contributed by atoms with Crippen LogP contribution >= 0.6 is 0 Å². The molecule has 3 aliphatic rings. The van der Waals surface area contributed by atoms with Crippen LogP contribution in [0.25, 0.3) is 5.65 Å². The highest BCUT2D eigenvalue weighted by molar-refractivity contribution is 5.93. The van der Waals surface area contributed by atoms with Crippen molar-refractivity contribution in [1.82, 2.24) is 24.1 Å². The predicted molar refractivity (Wildman–Crippen MR) is 110 cm³/mol. The molecular formula is C22H29N5O2. The number of piperidine rings is 1. The van der Waals surface area contributed by atoms with Gasteiger partial charge < -0.3 is 9.80 Å². The molecule has 3 saturated heterocycles. The van der Waals surface area contributed by atoms with E-state index in [-0.39, 0.29) is 17.4 Å². The molecule has 29 heavy (non-hydrogen) atoms. The standard InChI is InChI=1S/C22H29N5O2/c1-24-10-4-5-17(24)20(28)25-12-7-22(8-13-25)9-14-26(16-22)21(29)18-15-23-19-6-2-3-11-27(18)19/h2-3,6,11,15,17H,4-5,7-10,12-14,16H2,1H3. The Kier molecular flexibility index (Phi) is 4.57. The zero-order chi connectivity index (χ0) is 20.0. The van der Waals surface area contributed by atoms with Crippen molar-refractivity contribution in [1.29, 1.82) is 0 Å². The Hall–Kier alpha value is -2.41. The van der Waals surface area contributed by atoms with Gasteiger partial charge in [0.15, 0.2) is 0 Å². The van der Waals surface area contributed by atoms with Gasteiger partial charge >= 0.3 is 0 Å². The van der Waals surface area contributed by atoms with Gasteiger partial charge in [0.05, 0.1) is 12.2 Å². The van der Waals surface area contributed by atoms with Crippen LogP contribution in [-0.2, 0) is 4.79 Å². The van der Waals surface area contributed by atoms with Gasteiger partial charge in [0.2, 0.25) is 5.91 Å². The van der Waals surface area contributed by atoms with Gasteiger partial charge in [0.25, 0.3) is 5.91 Å². The highest BCUT2D eigenvalue weighted by Gasteiger charge is 2.44. The van der Waals surface area contributed by atoms with Gasteiger partial charge in [-0.05, 0) is 63.2 Å². The third-order valence-electron chi connectivity index (χ3n) is 7.30. The van der Waals surface area contributed by atoms with Crippen LogP contribution in [0.3, 0.4) is 0 Å². The van der Waals surface area contributed by atoms with Gasteiger partial charge in [-0.2, -0.15) is 0 Å². The number of likely N-dealkylation sites (tertiary alicyclic amines) is 3. The summed E-state index contributed by atoms with van der Waals surface area (Å²) in [6, 6.07) is 5.84. The van der Waals surface area contributed by atoms with E-state index in [1.54, 1.807) is 6.20 Å². The number of imidazole rings is 1. The van der Waals surface area contributed by atoms with Crippen molar-refractivity contribution in [3.8, 4) is 0 Å². The van der Waals surface area contributed by atoms with Gasteiger partial charge in [-0.3, -0.25) is 18.9 Å². The summed E-state index contributed by atoms with van der Waals surface area (Å²) in [6.45, 7) is 4.24. The zero-order valence-electron chi connectivity index (χ0n) is 17.1. The van der Waals surface area contributed by atoms with E-state index in [0.717, 1.165) is 70.5 Å². The molecule has 154 valence electrons. The highest BCUT2D eigenvalue weighted by Crippen LogP contribution is 2.41. The lowest BCUT2D eigenvalue weighted by atomic mass is 9.77. The maximum absolute atomic E-state index is 13.1. The van der Waals surface area contributed by atoms with E-state index in [0.29, 0.717) is 11.6 Å². The van der Waals surface area contributed by atoms with Gasteiger partial charge in [-0.25, -0.2) is 4.98 Å². The lowest BCUT2D eigenvalue weighted by Crippen LogP contribution is -2.50. The largest absolute Gasteiger partial charge is 0.341 e. The fourth-order valence-corrected chi connectivity index (χ4v) is 5.40. The molecule has 0 N–H and O–H groups in total. The molecule has 1 atom stereocenters. The van der Waals surface area contributed by atoms with E-state index in [4.69, 9.17) is 0 Å². The van der Waals surface area contributed by atoms with Crippen molar-refractivity contribution in [2.75, 3.05) is 39.8 Å². The second kappa shape index (κ2) is 7.13. The lowest BCUT2D eigenvalue weighted by Gasteiger charge is -2.40. The number of likely N-dealkylation sites (N-methyl/N-ethyl adjacent to an activating group) is 1. The predicted octanol–water partition coefficient (Wildman–Crippen LogP) is 1.88. The second-order valence-electron chi connectivity index (χ2n) is 9.01. The number of pyridine rings is 1. The molecular weight excluding hydrogens is 366 g/mol. The molecule has 0 saturated carbocycles. The minimum atomic E-state index is 0.0617. The minimum Gasteiger partial charge on any atom is -0.341 e. The SMILES string of the molecule is CN1CCCC1C(=O)N1CCC2(CCN(C(=O)c3cnc4ccccn34)C2)CC1. The van der Waals surface area contributed by atoms with Gasteiger partial charge in [-0.1, -0.05) is 6.07 Å². The van der Waals surface area contributed by atoms with E-state index in [9.17, 15) is 9.59 Å². The summed E-state index contributed by atoms with van der Waals surface area (Å²) in [4.78, 5) is 36.6. The number of hydrogen-bond acceptors (Lipinski definition) is 4. The Labute approximate surface area is 171 Å². The monoisotopic (exact) mass is 395 g/mol. The van der Waals surface area contributed by atoms with Crippen molar-refractivity contribution < 1.29 is 9.59 Å². The van der Waals surface area contributed by atoms with Crippen molar-refractivity contribution in [3.63, 3.8) is 0 Å². The Morgan fingerprint density at radius 1 is 1.07 bits per heavy atom. The van der Waals surface area contributed by atoms with Crippen molar-refractivity contribution >= 4 is 17.5 Å². The molecule has 7 heteroatoms. The number of carbonyl (C=O) groups is 2. The highest BCUT2D eigenvalue weighted by atomic mass is 16.2. The number of nitrogens with zero attached hydrogens (tertiary/aromatic N) is 5. The fraction of sp³-hybridized carbons (Fsp3) is 0.591. The molecule has 3 aliphatic heterocycles. The number of fused-ring (bicyclic) bond motifs is 1. The molecule has 0 radical (unpaired) electrons. The quantitative estimate of drug-likeness (QED) is 0.779. The molecule has 2 aromatic rings. The molecule has 5 heterocycles. The molecule has 5 rings (SSSR count). The van der Waals surface area contributed by atoms with Crippen LogP contribution < -0.4 is 0 Å². The van der Waals surface area contributed by atoms with Crippen LogP contribution in [-0.4, -0.2) is 81.7 Å². The van der Waals surface area contributed by atoms with Crippen LogP contribution in [0.15, 0.2) is 30.6 Å². The van der Waals surface area contributed by atoms with Crippen LogP contribution in [0.5, 0.6) is 0 Å². The summed E-state index contributed by atoms with van der Waals surface area (Å²) >= 11 is 0. The van der Waals surface area contributed by atoms with E-state index in [2.05, 4.69) is 21.8 Å². The first kappa shape index (κ1) is 18.6. The van der Waals surface area contributed by atoms with Gasteiger partial charge in [0.1, 0.15) is 11.3 Å². The first-order valence-corrected chi connectivity index (χ1v) is 10.8. The molecule has 1 unspecified atom stereocenters. The normalized spacial score (nSPS) is 24.7. The summed E-state index contributed by atoms with van der Waals surface area (Å²) in [6.07, 6.45) is 8.69. The number of rotatable bonds is 2. The smallest absolute Gasteiger partial charge is 0.272 e. The van der Waals surface area contributed by atoms with E-state index < -0.39 is 0 Å². The van der Waals surface area contributed by atoms with E-state index in [1.165, 1.54) is 0 Å². The molecule has 7 nitrogen and oxygen atoms in total. The maximum Gasteiger partial charge on any atom is 0.272 e. The van der Waals surface area contributed by atoms with E-state index >= 15 is 0 Å². The van der Waals surface area contributed by atoms with Crippen molar-refractivity contribution in [3.05, 3.63) is 36.3 Å². The zero-order valence-corrected chi connectivity index (χ0v) is 17.1. The minimum absolute atomic E-state index is 0.0617.